The van der Waals surface area contributed by atoms with E-state index >= 15 is 0 Å². The number of halogens is 1. The molecule has 7 nitrogen and oxygen atoms in total. The van der Waals surface area contributed by atoms with Gasteiger partial charge in [-0.05, 0) is 55.7 Å². The highest BCUT2D eigenvalue weighted by Gasteiger charge is 2.46. The number of aryl methyl sites for hydroxylation is 2. The summed E-state index contributed by atoms with van der Waals surface area (Å²) in [7, 11) is 0. The van der Waals surface area contributed by atoms with Gasteiger partial charge >= 0.3 is 6.03 Å². The summed E-state index contributed by atoms with van der Waals surface area (Å²) in [6, 6.07) is 15.2. The van der Waals surface area contributed by atoms with Crippen molar-refractivity contribution in [1.82, 2.24) is 20.1 Å². The van der Waals surface area contributed by atoms with Crippen LogP contribution in [0, 0.1) is 5.92 Å². The molecule has 3 amide bonds. The molecule has 1 aliphatic carbocycles. The van der Waals surface area contributed by atoms with E-state index in [0.717, 1.165) is 53.4 Å². The molecule has 2 aromatic carbocycles. The summed E-state index contributed by atoms with van der Waals surface area (Å²) < 4.78 is 2.09. The number of hydrogen-bond acceptors (Lipinski definition) is 4. The van der Waals surface area contributed by atoms with Crippen LogP contribution in [0.1, 0.15) is 42.9 Å². The van der Waals surface area contributed by atoms with Crippen LogP contribution < -0.4 is 10.2 Å². The van der Waals surface area contributed by atoms with E-state index in [2.05, 4.69) is 27.1 Å². The minimum absolute atomic E-state index is 0.125. The molecule has 7 rings (SSSR count). The summed E-state index contributed by atoms with van der Waals surface area (Å²) in [6.45, 7) is 0.954. The van der Waals surface area contributed by atoms with Crippen LogP contribution in [0.25, 0.3) is 22.0 Å². The predicted octanol–water partition coefficient (Wildman–Crippen LogP) is 5.71. The second-order valence-electron chi connectivity index (χ2n) is 10.3. The standard InChI is InChI=1S/C29H26ClN5O2/c30-23-9-3-8-21(25-14-19-6-4-12-34(19)33-25)27(23)17-10-11-22-24(13-17)32-29(37)35(28(22)36)26-16-31-15-18-5-1-2-7-20(18)26/h1-3,5,7-9,14-17,22,24H,4,6,10-13H2,(H,32,37). The highest BCUT2D eigenvalue weighted by molar-refractivity contribution is 6.31. The first-order valence-electron chi connectivity index (χ1n) is 12.9. The van der Waals surface area contributed by atoms with E-state index in [4.69, 9.17) is 16.7 Å². The van der Waals surface area contributed by atoms with E-state index in [1.807, 2.05) is 36.4 Å². The normalized spacial score (nSPS) is 23.2. The van der Waals surface area contributed by atoms with E-state index < -0.39 is 6.03 Å². The van der Waals surface area contributed by atoms with Crippen LogP contribution in [0.4, 0.5) is 10.5 Å². The lowest BCUT2D eigenvalue weighted by molar-refractivity contribution is -0.124. The van der Waals surface area contributed by atoms with Gasteiger partial charge in [-0.15, -0.1) is 0 Å². The Morgan fingerprint density at radius 3 is 2.81 bits per heavy atom. The molecular formula is C29H26ClN5O2. The number of hydrogen-bond donors (Lipinski definition) is 1. The van der Waals surface area contributed by atoms with Gasteiger partial charge in [0, 0.05) is 45.8 Å². The quantitative estimate of drug-likeness (QED) is 0.382. The lowest BCUT2D eigenvalue weighted by atomic mass is 9.73. The Bertz CT molecular complexity index is 1540. The number of nitrogens with zero attached hydrogens (tertiary/aromatic N) is 4. The SMILES string of the molecule is O=C1NC2CC(c3c(Cl)cccc3-c3cc4n(n3)CCC4)CCC2C(=O)N1c1cncc2ccccc12. The minimum Gasteiger partial charge on any atom is -0.334 e. The number of carbonyl (C=O) groups is 2. The van der Waals surface area contributed by atoms with Crippen molar-refractivity contribution in [2.24, 2.45) is 5.92 Å². The fourth-order valence-corrected chi connectivity index (χ4v) is 6.78. The molecule has 8 heteroatoms. The molecule has 4 heterocycles. The van der Waals surface area contributed by atoms with Crippen molar-refractivity contribution in [1.29, 1.82) is 0 Å². The van der Waals surface area contributed by atoms with E-state index in [-0.39, 0.29) is 23.8 Å². The summed E-state index contributed by atoms with van der Waals surface area (Å²) in [5, 5.41) is 10.4. The van der Waals surface area contributed by atoms with Crippen LogP contribution in [0.15, 0.2) is 60.9 Å². The zero-order valence-electron chi connectivity index (χ0n) is 20.2. The number of benzene rings is 2. The van der Waals surface area contributed by atoms with Crippen molar-refractivity contribution in [3.63, 3.8) is 0 Å². The second-order valence-corrected chi connectivity index (χ2v) is 10.7. The molecule has 0 bridgehead atoms. The van der Waals surface area contributed by atoms with Crippen molar-refractivity contribution in [2.45, 2.75) is 50.6 Å². The number of rotatable bonds is 3. The smallest absolute Gasteiger partial charge is 0.329 e. The van der Waals surface area contributed by atoms with Gasteiger partial charge in [-0.3, -0.25) is 14.5 Å². The van der Waals surface area contributed by atoms with Crippen molar-refractivity contribution >= 4 is 40.0 Å². The van der Waals surface area contributed by atoms with E-state index in [1.54, 1.807) is 12.4 Å². The van der Waals surface area contributed by atoms with E-state index in [9.17, 15) is 9.59 Å². The number of imide groups is 1. The van der Waals surface area contributed by atoms with Crippen molar-refractivity contribution < 1.29 is 9.59 Å². The van der Waals surface area contributed by atoms with Crippen molar-refractivity contribution in [3.8, 4) is 11.3 Å². The van der Waals surface area contributed by atoms with Gasteiger partial charge in [0.2, 0.25) is 5.91 Å². The molecule has 3 unspecified atom stereocenters. The molecule has 186 valence electrons. The highest BCUT2D eigenvalue weighted by atomic mass is 35.5. The third-order valence-electron chi connectivity index (χ3n) is 8.19. The number of anilines is 1. The molecule has 1 saturated carbocycles. The van der Waals surface area contributed by atoms with E-state index in [1.165, 1.54) is 10.6 Å². The first kappa shape index (κ1) is 22.5. The Hall–Kier alpha value is -3.71. The van der Waals surface area contributed by atoms with Crippen LogP contribution >= 0.6 is 11.6 Å². The Morgan fingerprint density at radius 2 is 1.92 bits per heavy atom. The fraction of sp³-hybridized carbons (Fsp3) is 0.310. The maximum atomic E-state index is 13.7. The molecule has 2 fully saturated rings. The van der Waals surface area contributed by atoms with Gasteiger partial charge in [0.1, 0.15) is 0 Å². The van der Waals surface area contributed by atoms with Gasteiger partial charge in [0.25, 0.3) is 0 Å². The van der Waals surface area contributed by atoms with Crippen LogP contribution in [0.5, 0.6) is 0 Å². The molecule has 3 aliphatic rings. The summed E-state index contributed by atoms with van der Waals surface area (Å²) >= 11 is 6.79. The Balaban J connectivity index is 1.19. The largest absolute Gasteiger partial charge is 0.334 e. The molecule has 0 spiro atoms. The maximum absolute atomic E-state index is 13.7. The summed E-state index contributed by atoms with van der Waals surface area (Å²) in [5.41, 5.74) is 4.87. The molecule has 37 heavy (non-hydrogen) atoms. The second kappa shape index (κ2) is 8.70. The van der Waals surface area contributed by atoms with E-state index in [0.29, 0.717) is 23.6 Å². The molecular weight excluding hydrogens is 486 g/mol. The maximum Gasteiger partial charge on any atom is 0.329 e. The lowest BCUT2D eigenvalue weighted by Gasteiger charge is -2.42. The Labute approximate surface area is 219 Å². The highest BCUT2D eigenvalue weighted by Crippen LogP contribution is 2.45. The molecule has 1 N–H and O–H groups in total. The fourth-order valence-electron chi connectivity index (χ4n) is 6.45. The zero-order valence-corrected chi connectivity index (χ0v) is 21.0. The first-order valence-corrected chi connectivity index (χ1v) is 13.3. The average molecular weight is 512 g/mol. The zero-order chi connectivity index (χ0) is 25.1. The van der Waals surface area contributed by atoms with Crippen LogP contribution in [-0.2, 0) is 17.8 Å². The molecule has 4 aromatic rings. The van der Waals surface area contributed by atoms with Gasteiger partial charge in [0.15, 0.2) is 0 Å². The summed E-state index contributed by atoms with van der Waals surface area (Å²) in [6.07, 6.45) is 7.68. The molecule has 0 radical (unpaired) electrons. The third kappa shape index (κ3) is 3.63. The lowest BCUT2D eigenvalue weighted by Crippen LogP contribution is -2.61. The van der Waals surface area contributed by atoms with Gasteiger partial charge in [-0.1, -0.05) is 48.0 Å². The average Bonchev–Trinajstić information content (AvgIpc) is 3.51. The number of carbonyl (C=O) groups excluding carboxylic acids is 2. The number of amides is 3. The van der Waals surface area contributed by atoms with Gasteiger partial charge in [-0.25, -0.2) is 9.69 Å². The van der Waals surface area contributed by atoms with Gasteiger partial charge in [-0.2, -0.15) is 5.10 Å². The Kier molecular flexibility index (Phi) is 5.29. The van der Waals surface area contributed by atoms with Crippen LogP contribution in [0.2, 0.25) is 5.02 Å². The predicted molar refractivity (Wildman–Crippen MR) is 143 cm³/mol. The summed E-state index contributed by atoms with van der Waals surface area (Å²) in [5.74, 6) is -0.314. The topological polar surface area (TPSA) is 80.1 Å². The van der Waals surface area contributed by atoms with Gasteiger partial charge in [0.05, 0.1) is 23.5 Å². The van der Waals surface area contributed by atoms with Crippen LogP contribution in [0.3, 0.4) is 0 Å². The van der Waals surface area contributed by atoms with Crippen molar-refractivity contribution in [2.75, 3.05) is 4.90 Å². The van der Waals surface area contributed by atoms with Crippen molar-refractivity contribution in [3.05, 3.63) is 77.2 Å². The number of fused-ring (bicyclic) bond motifs is 3. The first-order chi connectivity index (χ1) is 18.1. The van der Waals surface area contributed by atoms with Crippen LogP contribution in [-0.4, -0.2) is 32.7 Å². The molecule has 3 atom stereocenters. The molecule has 1 saturated heterocycles. The Morgan fingerprint density at radius 1 is 1.03 bits per heavy atom. The molecule has 2 aromatic heterocycles. The molecule has 2 aliphatic heterocycles. The number of nitrogens with one attached hydrogen (secondary N) is 1. The summed E-state index contributed by atoms with van der Waals surface area (Å²) in [4.78, 5) is 32.6. The van der Waals surface area contributed by atoms with Gasteiger partial charge < -0.3 is 5.32 Å². The third-order valence-corrected chi connectivity index (χ3v) is 8.52. The number of urea groups is 1. The minimum atomic E-state index is -0.394. The number of aromatic nitrogens is 3. The monoisotopic (exact) mass is 511 g/mol. The number of pyridine rings is 1.